The maximum Gasteiger partial charge on any atom is 0.405 e. The van der Waals surface area contributed by atoms with E-state index in [1.807, 2.05) is 0 Å². The van der Waals surface area contributed by atoms with E-state index in [1.54, 1.807) is 0 Å². The molecule has 1 aliphatic rings. The highest BCUT2D eigenvalue weighted by Gasteiger charge is 2.30. The minimum absolute atomic E-state index is 0.113. The molecule has 0 saturated heterocycles. The standard InChI is InChI=1S/C11H15Cl2N2O5PS/c12-3-5-14(6-4-13)21(18,19)20-8-9-7-10(15(16)17)1-2-11(9)22/h1,7H,2-6,8H2,(H,18,19). The molecule has 0 radical (unpaired) electrons. The Balaban J connectivity index is 2.78. The first-order valence-corrected chi connectivity index (χ1v) is 9.25. The second-order valence-corrected chi connectivity index (χ2v) is 7.33. The molecule has 0 spiro atoms. The number of allylic oxidation sites excluding steroid dienone is 2. The number of hydrogen-bond acceptors (Lipinski definition) is 5. The Morgan fingerprint density at radius 2 is 2.05 bits per heavy atom. The predicted octanol–water partition coefficient (Wildman–Crippen LogP) is 2.74. The monoisotopic (exact) mass is 388 g/mol. The summed E-state index contributed by atoms with van der Waals surface area (Å²) < 4.78 is 18.4. The van der Waals surface area contributed by atoms with Gasteiger partial charge in [0.2, 0.25) is 0 Å². The van der Waals surface area contributed by atoms with E-state index in [2.05, 4.69) is 0 Å². The second kappa shape index (κ2) is 9.08. The average Bonchev–Trinajstić information content (AvgIpc) is 2.46. The van der Waals surface area contributed by atoms with Gasteiger partial charge in [0.1, 0.15) is 0 Å². The lowest BCUT2D eigenvalue weighted by molar-refractivity contribution is -0.419. The summed E-state index contributed by atoms with van der Waals surface area (Å²) in [6.45, 7) is -0.0317. The lowest BCUT2D eigenvalue weighted by Crippen LogP contribution is -2.26. The summed E-state index contributed by atoms with van der Waals surface area (Å²) in [5, 5.41) is 10.8. The van der Waals surface area contributed by atoms with Crippen LogP contribution >= 0.6 is 43.2 Å². The van der Waals surface area contributed by atoms with Crippen LogP contribution in [0.25, 0.3) is 0 Å². The lowest BCUT2D eigenvalue weighted by atomic mass is 10.0. The first-order valence-electron chi connectivity index (χ1n) is 6.25. The van der Waals surface area contributed by atoms with E-state index in [-0.39, 0.29) is 43.6 Å². The summed E-state index contributed by atoms with van der Waals surface area (Å²) in [5.41, 5.74) is 0.230. The molecule has 0 aromatic rings. The largest absolute Gasteiger partial charge is 0.405 e. The van der Waals surface area contributed by atoms with Gasteiger partial charge < -0.3 is 4.89 Å². The van der Waals surface area contributed by atoms with Gasteiger partial charge in [-0.15, -0.1) is 23.2 Å². The van der Waals surface area contributed by atoms with E-state index >= 15 is 0 Å². The van der Waals surface area contributed by atoms with Crippen molar-refractivity contribution in [3.05, 3.63) is 33.5 Å². The van der Waals surface area contributed by atoms with E-state index in [0.29, 0.717) is 10.4 Å². The van der Waals surface area contributed by atoms with Crippen molar-refractivity contribution >= 4 is 48.0 Å². The maximum absolute atomic E-state index is 12.2. The quantitative estimate of drug-likeness (QED) is 0.213. The van der Waals surface area contributed by atoms with Crippen molar-refractivity contribution in [3.8, 4) is 0 Å². The SMILES string of the molecule is O=[N+]([O-])C1=CCC(=S)C(COP(=O)(O)N(CCCl)CCCl)=C1. The third-order valence-electron chi connectivity index (χ3n) is 2.82. The average molecular weight is 389 g/mol. The molecule has 1 rings (SSSR count). The van der Waals surface area contributed by atoms with Gasteiger partial charge in [-0.05, 0) is 11.6 Å². The molecule has 124 valence electrons. The Morgan fingerprint density at radius 1 is 1.45 bits per heavy atom. The van der Waals surface area contributed by atoms with E-state index in [4.69, 9.17) is 39.9 Å². The molecule has 1 unspecified atom stereocenters. The van der Waals surface area contributed by atoms with Crippen LogP contribution in [-0.4, -0.2) is 50.8 Å². The molecular weight excluding hydrogens is 374 g/mol. The molecule has 0 aromatic heterocycles. The van der Waals surface area contributed by atoms with Crippen LogP contribution < -0.4 is 0 Å². The maximum atomic E-state index is 12.2. The van der Waals surface area contributed by atoms with Gasteiger partial charge in [-0.1, -0.05) is 12.2 Å². The van der Waals surface area contributed by atoms with Gasteiger partial charge in [-0.3, -0.25) is 14.6 Å². The number of rotatable bonds is 9. The van der Waals surface area contributed by atoms with Gasteiger partial charge in [0.25, 0.3) is 5.70 Å². The fourth-order valence-electron chi connectivity index (χ4n) is 1.69. The van der Waals surface area contributed by atoms with Crippen LogP contribution in [0.4, 0.5) is 0 Å². The van der Waals surface area contributed by atoms with Crippen molar-refractivity contribution in [1.82, 2.24) is 4.67 Å². The normalized spacial score (nSPS) is 17.9. The third-order valence-corrected chi connectivity index (χ3v) is 5.17. The molecule has 11 heteroatoms. The highest BCUT2D eigenvalue weighted by molar-refractivity contribution is 7.80. The third kappa shape index (κ3) is 5.70. The fraction of sp³-hybridized carbons (Fsp3) is 0.545. The minimum atomic E-state index is -4.10. The van der Waals surface area contributed by atoms with E-state index in [1.165, 1.54) is 12.2 Å². The molecule has 0 aromatic carbocycles. The van der Waals surface area contributed by atoms with Crippen molar-refractivity contribution in [1.29, 1.82) is 0 Å². The number of nitro groups is 1. The van der Waals surface area contributed by atoms with Gasteiger partial charge in [-0.25, -0.2) is 9.24 Å². The van der Waals surface area contributed by atoms with Crippen LogP contribution in [0, 0.1) is 10.1 Å². The topological polar surface area (TPSA) is 92.9 Å². The summed E-state index contributed by atoms with van der Waals surface area (Å²) in [6.07, 6.45) is 2.86. The molecule has 22 heavy (non-hydrogen) atoms. The Kier molecular flexibility index (Phi) is 8.13. The highest BCUT2D eigenvalue weighted by atomic mass is 35.5. The van der Waals surface area contributed by atoms with Gasteiger partial charge in [0.15, 0.2) is 0 Å². The molecule has 0 saturated carbocycles. The van der Waals surface area contributed by atoms with Gasteiger partial charge in [0.05, 0.1) is 11.5 Å². The smallest absolute Gasteiger partial charge is 0.312 e. The number of hydrogen-bond donors (Lipinski definition) is 1. The second-order valence-electron chi connectivity index (χ2n) is 4.28. The van der Waals surface area contributed by atoms with Gasteiger partial charge >= 0.3 is 7.75 Å². The van der Waals surface area contributed by atoms with E-state index < -0.39 is 12.7 Å². The number of alkyl halides is 2. The van der Waals surface area contributed by atoms with Crippen LogP contribution in [0.15, 0.2) is 23.4 Å². The Labute approximate surface area is 143 Å². The van der Waals surface area contributed by atoms with Crippen LogP contribution in [-0.2, 0) is 9.09 Å². The molecule has 1 aliphatic carbocycles. The molecule has 0 bridgehead atoms. The Morgan fingerprint density at radius 3 is 2.55 bits per heavy atom. The van der Waals surface area contributed by atoms with E-state index in [0.717, 1.165) is 4.67 Å². The van der Waals surface area contributed by atoms with Crippen molar-refractivity contribution in [2.45, 2.75) is 6.42 Å². The molecule has 0 fully saturated rings. The lowest BCUT2D eigenvalue weighted by Gasteiger charge is -2.25. The summed E-state index contributed by atoms with van der Waals surface area (Å²) in [7, 11) is -4.10. The number of halogens is 2. The van der Waals surface area contributed by atoms with Crippen LogP contribution in [0.2, 0.25) is 0 Å². The van der Waals surface area contributed by atoms with Gasteiger partial charge in [0, 0.05) is 42.2 Å². The Bertz CT molecular complexity index is 549. The van der Waals surface area contributed by atoms with Crippen LogP contribution in [0.1, 0.15) is 6.42 Å². The molecule has 7 nitrogen and oxygen atoms in total. The fourth-order valence-corrected chi connectivity index (χ4v) is 3.71. The highest BCUT2D eigenvalue weighted by Crippen LogP contribution is 2.46. The molecule has 0 amide bonds. The molecular formula is C11H15Cl2N2O5PS. The van der Waals surface area contributed by atoms with Crippen LogP contribution in [0.3, 0.4) is 0 Å². The van der Waals surface area contributed by atoms with Crippen molar-refractivity contribution in [3.63, 3.8) is 0 Å². The number of thiocarbonyl (C=S) groups is 1. The van der Waals surface area contributed by atoms with Crippen molar-refractivity contribution < 1.29 is 18.9 Å². The molecule has 1 N–H and O–H groups in total. The summed E-state index contributed by atoms with van der Waals surface area (Å²) in [6, 6.07) is 0. The zero-order valence-electron chi connectivity index (χ0n) is 11.5. The first kappa shape index (κ1) is 19.7. The zero-order chi connectivity index (χ0) is 16.8. The van der Waals surface area contributed by atoms with Crippen molar-refractivity contribution in [2.24, 2.45) is 0 Å². The Hall–Kier alpha value is -0.340. The summed E-state index contributed by atoms with van der Waals surface area (Å²) in [4.78, 5) is 20.6. The summed E-state index contributed by atoms with van der Waals surface area (Å²) in [5.74, 6) is 0.278. The summed E-state index contributed by atoms with van der Waals surface area (Å²) >= 11 is 16.2. The molecule has 0 heterocycles. The van der Waals surface area contributed by atoms with E-state index in [9.17, 15) is 19.6 Å². The molecule has 1 atom stereocenters. The number of nitrogens with zero attached hydrogens (tertiary/aromatic N) is 2. The zero-order valence-corrected chi connectivity index (χ0v) is 14.7. The van der Waals surface area contributed by atoms with Gasteiger partial charge in [-0.2, -0.15) is 0 Å². The minimum Gasteiger partial charge on any atom is -0.312 e. The predicted molar refractivity (Wildman–Crippen MR) is 89.2 cm³/mol. The molecule has 0 aliphatic heterocycles. The van der Waals surface area contributed by atoms with Crippen LogP contribution in [0.5, 0.6) is 0 Å². The first-order chi connectivity index (χ1) is 10.3. The van der Waals surface area contributed by atoms with Crippen molar-refractivity contribution in [2.75, 3.05) is 31.5 Å².